The maximum absolute atomic E-state index is 11.9. The normalized spacial score (nSPS) is 14.2. The summed E-state index contributed by atoms with van der Waals surface area (Å²) < 4.78 is 0. The lowest BCUT2D eigenvalue weighted by atomic mass is 10.1. The van der Waals surface area contributed by atoms with Gasteiger partial charge in [-0.05, 0) is 12.1 Å². The lowest BCUT2D eigenvalue weighted by Crippen LogP contribution is -2.36. The second-order valence-corrected chi connectivity index (χ2v) is 5.04. The van der Waals surface area contributed by atoms with E-state index in [1.165, 1.54) is 6.33 Å². The van der Waals surface area contributed by atoms with Gasteiger partial charge in [-0.1, -0.05) is 12.1 Å². The van der Waals surface area contributed by atoms with Crippen LogP contribution in [0.5, 0.6) is 0 Å². The van der Waals surface area contributed by atoms with E-state index in [4.69, 9.17) is 0 Å². The Bertz CT molecular complexity index is 868. The molecule has 0 aliphatic carbocycles. The maximum Gasteiger partial charge on any atom is 0.255 e. The number of benzene rings is 1. The smallest absolute Gasteiger partial charge is 0.255 e. The second-order valence-electron chi connectivity index (χ2n) is 5.04. The van der Waals surface area contributed by atoms with Gasteiger partial charge in [-0.25, -0.2) is 15.0 Å². The highest BCUT2D eigenvalue weighted by Crippen LogP contribution is 2.26. The Kier molecular flexibility index (Phi) is 2.67. The summed E-state index contributed by atoms with van der Waals surface area (Å²) in [4.78, 5) is 29.7. The average molecular weight is 279 g/mol. The van der Waals surface area contributed by atoms with Crippen molar-refractivity contribution in [1.29, 1.82) is 0 Å². The molecule has 0 unspecified atom stereocenters. The van der Waals surface area contributed by atoms with E-state index in [-0.39, 0.29) is 5.56 Å². The molecule has 104 valence electrons. The van der Waals surface area contributed by atoms with Crippen molar-refractivity contribution in [1.82, 2.24) is 19.9 Å². The fraction of sp³-hybridized carbons (Fsp3) is 0.200. The molecule has 3 aromatic rings. The molecule has 0 atom stereocenters. The quantitative estimate of drug-likeness (QED) is 0.726. The van der Waals surface area contributed by atoms with Crippen molar-refractivity contribution < 1.29 is 0 Å². The third kappa shape index (κ3) is 1.96. The average Bonchev–Trinajstić information content (AvgIpc) is 2.54. The highest BCUT2D eigenvalue weighted by atomic mass is 16.1. The van der Waals surface area contributed by atoms with Gasteiger partial charge in [-0.15, -0.1) is 0 Å². The minimum absolute atomic E-state index is 0.0666. The number of nitrogens with one attached hydrogen (secondary N) is 1. The molecule has 0 radical (unpaired) electrons. The predicted molar refractivity (Wildman–Crippen MR) is 79.1 cm³/mol. The van der Waals surface area contributed by atoms with Crippen LogP contribution in [-0.4, -0.2) is 26.5 Å². The molecule has 0 spiro atoms. The summed E-state index contributed by atoms with van der Waals surface area (Å²) in [5, 5.41) is 1.00. The number of hydrogen-bond acceptors (Lipinski definition) is 5. The van der Waals surface area contributed by atoms with Gasteiger partial charge < -0.3 is 9.88 Å². The zero-order valence-corrected chi connectivity index (χ0v) is 11.3. The molecule has 0 fully saturated rings. The minimum atomic E-state index is -0.0666. The molecular formula is C15H13N5O. The Balaban J connectivity index is 1.81. The van der Waals surface area contributed by atoms with E-state index >= 15 is 0 Å². The molecule has 1 aliphatic heterocycles. The van der Waals surface area contributed by atoms with Crippen LogP contribution in [-0.2, 0) is 13.0 Å². The van der Waals surface area contributed by atoms with Crippen LogP contribution in [0, 0.1) is 0 Å². The van der Waals surface area contributed by atoms with Crippen molar-refractivity contribution >= 4 is 16.7 Å². The number of aromatic amines is 1. The summed E-state index contributed by atoms with van der Waals surface area (Å²) in [6.45, 7) is 1.32. The molecule has 1 aromatic carbocycles. The van der Waals surface area contributed by atoms with E-state index in [0.29, 0.717) is 6.54 Å². The second kappa shape index (κ2) is 4.66. The molecule has 0 amide bonds. The molecule has 0 saturated carbocycles. The van der Waals surface area contributed by atoms with E-state index in [1.807, 2.05) is 24.3 Å². The molecule has 0 bridgehead atoms. The highest BCUT2D eigenvalue weighted by molar-refractivity contribution is 5.89. The number of para-hydroxylation sites is 1. The first-order chi connectivity index (χ1) is 10.3. The van der Waals surface area contributed by atoms with Crippen LogP contribution in [0.4, 0.5) is 5.82 Å². The van der Waals surface area contributed by atoms with Gasteiger partial charge in [-0.3, -0.25) is 4.79 Å². The van der Waals surface area contributed by atoms with Gasteiger partial charge in [0.1, 0.15) is 12.1 Å². The SMILES string of the molecule is O=c1[nH]cnc2c1CN(c1ncnc3ccccc13)CC2. The number of hydrogen-bond donors (Lipinski definition) is 1. The standard InChI is InChI=1S/C15H13N5O/c21-15-11-7-20(6-5-13(11)17-9-19-15)14-10-3-1-2-4-12(10)16-8-18-14/h1-4,8-9H,5-7H2,(H,17,19,21). The van der Waals surface area contributed by atoms with Gasteiger partial charge in [0.2, 0.25) is 0 Å². The van der Waals surface area contributed by atoms with Crippen LogP contribution in [0.3, 0.4) is 0 Å². The van der Waals surface area contributed by atoms with Crippen molar-refractivity contribution in [2.24, 2.45) is 0 Å². The van der Waals surface area contributed by atoms with Gasteiger partial charge in [0.15, 0.2) is 0 Å². The van der Waals surface area contributed by atoms with E-state index < -0.39 is 0 Å². The van der Waals surface area contributed by atoms with Crippen molar-refractivity contribution in [2.75, 3.05) is 11.4 Å². The molecule has 4 rings (SSSR count). The maximum atomic E-state index is 11.9. The van der Waals surface area contributed by atoms with Gasteiger partial charge in [0.05, 0.1) is 29.6 Å². The number of anilines is 1. The summed E-state index contributed by atoms with van der Waals surface area (Å²) in [6.07, 6.45) is 3.79. The first-order valence-corrected chi connectivity index (χ1v) is 6.83. The van der Waals surface area contributed by atoms with Gasteiger partial charge in [0, 0.05) is 18.4 Å². The van der Waals surface area contributed by atoms with Crippen molar-refractivity contribution in [3.63, 3.8) is 0 Å². The highest BCUT2D eigenvalue weighted by Gasteiger charge is 2.22. The Morgan fingerprint density at radius 2 is 2.05 bits per heavy atom. The number of aromatic nitrogens is 4. The first-order valence-electron chi connectivity index (χ1n) is 6.83. The zero-order valence-electron chi connectivity index (χ0n) is 11.3. The summed E-state index contributed by atoms with van der Waals surface area (Å²) in [7, 11) is 0. The van der Waals surface area contributed by atoms with Crippen molar-refractivity contribution in [3.05, 3.63) is 58.5 Å². The molecule has 2 aromatic heterocycles. The molecule has 1 N–H and O–H groups in total. The summed E-state index contributed by atoms with van der Waals surface area (Å²) in [5.41, 5.74) is 2.45. The minimum Gasteiger partial charge on any atom is -0.351 e. The number of fused-ring (bicyclic) bond motifs is 2. The Morgan fingerprint density at radius 1 is 1.14 bits per heavy atom. The van der Waals surface area contributed by atoms with Crippen molar-refractivity contribution in [3.8, 4) is 0 Å². The van der Waals surface area contributed by atoms with E-state index in [0.717, 1.165) is 40.9 Å². The van der Waals surface area contributed by atoms with Gasteiger partial charge in [0.25, 0.3) is 5.56 Å². The fourth-order valence-corrected chi connectivity index (χ4v) is 2.78. The molecule has 3 heterocycles. The monoisotopic (exact) mass is 279 g/mol. The molecule has 0 saturated heterocycles. The third-order valence-corrected chi connectivity index (χ3v) is 3.83. The fourth-order valence-electron chi connectivity index (χ4n) is 2.78. The van der Waals surface area contributed by atoms with Crippen LogP contribution < -0.4 is 10.5 Å². The third-order valence-electron chi connectivity index (χ3n) is 3.83. The Labute approximate surface area is 120 Å². The van der Waals surface area contributed by atoms with Crippen LogP contribution in [0.1, 0.15) is 11.3 Å². The lowest BCUT2D eigenvalue weighted by molar-refractivity contribution is 0.691. The van der Waals surface area contributed by atoms with Crippen LogP contribution >= 0.6 is 0 Å². The number of nitrogens with zero attached hydrogens (tertiary/aromatic N) is 4. The number of rotatable bonds is 1. The molecule has 6 heteroatoms. The summed E-state index contributed by atoms with van der Waals surface area (Å²) in [6, 6.07) is 7.90. The van der Waals surface area contributed by atoms with E-state index in [2.05, 4.69) is 24.8 Å². The van der Waals surface area contributed by atoms with Crippen LogP contribution in [0.25, 0.3) is 10.9 Å². The summed E-state index contributed by atoms with van der Waals surface area (Å²) >= 11 is 0. The van der Waals surface area contributed by atoms with Gasteiger partial charge in [-0.2, -0.15) is 0 Å². The molecular weight excluding hydrogens is 266 g/mol. The Morgan fingerprint density at radius 3 is 3.00 bits per heavy atom. The van der Waals surface area contributed by atoms with E-state index in [9.17, 15) is 4.79 Å². The Hall–Kier alpha value is -2.76. The van der Waals surface area contributed by atoms with Gasteiger partial charge >= 0.3 is 0 Å². The largest absolute Gasteiger partial charge is 0.351 e. The molecule has 21 heavy (non-hydrogen) atoms. The van der Waals surface area contributed by atoms with Crippen LogP contribution in [0.15, 0.2) is 41.7 Å². The topological polar surface area (TPSA) is 74.8 Å². The summed E-state index contributed by atoms with van der Waals surface area (Å²) in [5.74, 6) is 0.870. The van der Waals surface area contributed by atoms with Crippen LogP contribution in [0.2, 0.25) is 0 Å². The predicted octanol–water partition coefficient (Wildman–Crippen LogP) is 1.28. The van der Waals surface area contributed by atoms with Crippen molar-refractivity contribution in [2.45, 2.75) is 13.0 Å². The first kappa shape index (κ1) is 12.0. The zero-order chi connectivity index (χ0) is 14.2. The lowest BCUT2D eigenvalue weighted by Gasteiger charge is -2.29. The molecule has 6 nitrogen and oxygen atoms in total. The number of H-pyrrole nitrogens is 1. The van der Waals surface area contributed by atoms with E-state index in [1.54, 1.807) is 6.33 Å². The molecule has 1 aliphatic rings.